The van der Waals surface area contributed by atoms with Crippen molar-refractivity contribution < 1.29 is 4.21 Å². The number of rotatable bonds is 3. The lowest BCUT2D eigenvalue weighted by Crippen LogP contribution is -2.27. The van der Waals surface area contributed by atoms with Gasteiger partial charge in [0.2, 0.25) is 0 Å². The maximum absolute atomic E-state index is 11.7. The van der Waals surface area contributed by atoms with Gasteiger partial charge in [0.25, 0.3) is 0 Å². The van der Waals surface area contributed by atoms with Crippen molar-refractivity contribution in [3.05, 3.63) is 11.6 Å². The van der Waals surface area contributed by atoms with Crippen molar-refractivity contribution in [1.29, 1.82) is 0 Å². The summed E-state index contributed by atoms with van der Waals surface area (Å²) in [5, 5.41) is 5.20. The first-order chi connectivity index (χ1) is 6.36. The Hall–Kier alpha value is -0.260. The first kappa shape index (κ1) is 9.30. The monoisotopic (exact) mass is 216 g/mol. The summed E-state index contributed by atoms with van der Waals surface area (Å²) in [6, 6.07) is 0.435. The molecule has 5 heteroatoms. The van der Waals surface area contributed by atoms with Crippen molar-refractivity contribution >= 4 is 22.1 Å². The molecule has 0 aromatic carbocycles. The van der Waals surface area contributed by atoms with Crippen LogP contribution in [0.15, 0.2) is 15.9 Å². The van der Waals surface area contributed by atoms with Crippen LogP contribution in [0.25, 0.3) is 0 Å². The van der Waals surface area contributed by atoms with Gasteiger partial charge in [-0.1, -0.05) is 0 Å². The minimum Gasteiger partial charge on any atom is -0.313 e. The van der Waals surface area contributed by atoms with E-state index in [1.165, 1.54) is 17.8 Å². The summed E-state index contributed by atoms with van der Waals surface area (Å²) >= 11 is 1.48. The summed E-state index contributed by atoms with van der Waals surface area (Å²) in [6.07, 6.45) is 4.07. The maximum Gasteiger partial charge on any atom is 0.180 e. The van der Waals surface area contributed by atoms with E-state index in [1.807, 2.05) is 5.38 Å². The Bertz CT molecular complexity index is 280. The zero-order valence-electron chi connectivity index (χ0n) is 7.23. The summed E-state index contributed by atoms with van der Waals surface area (Å²) in [4.78, 5) is 4.05. The highest BCUT2D eigenvalue weighted by atomic mass is 32.2. The highest BCUT2D eigenvalue weighted by Crippen LogP contribution is 2.13. The SMILES string of the molecule is O=[S@](C[C@@H]1CCCN1)c1nccs1. The molecule has 0 saturated carbocycles. The molecular weight excluding hydrogens is 204 g/mol. The molecule has 1 aliphatic heterocycles. The van der Waals surface area contributed by atoms with Crippen LogP contribution >= 0.6 is 11.3 Å². The Balaban J connectivity index is 1.91. The average molecular weight is 216 g/mol. The number of hydrogen-bond donors (Lipinski definition) is 1. The molecule has 1 aromatic rings. The van der Waals surface area contributed by atoms with Crippen LogP contribution in [-0.2, 0) is 10.8 Å². The molecule has 1 saturated heterocycles. The quantitative estimate of drug-likeness (QED) is 0.819. The fourth-order valence-corrected chi connectivity index (χ4v) is 3.61. The van der Waals surface area contributed by atoms with Crippen LogP contribution in [-0.4, -0.2) is 27.5 Å². The van der Waals surface area contributed by atoms with Crippen molar-refractivity contribution in [2.75, 3.05) is 12.3 Å². The number of nitrogens with one attached hydrogen (secondary N) is 1. The lowest BCUT2D eigenvalue weighted by molar-refractivity contribution is 0.643. The maximum atomic E-state index is 11.7. The predicted octanol–water partition coefficient (Wildman–Crippen LogP) is 1.00. The second-order valence-electron chi connectivity index (χ2n) is 3.10. The molecule has 72 valence electrons. The first-order valence-electron chi connectivity index (χ1n) is 4.37. The molecule has 0 unspecified atom stereocenters. The molecule has 0 radical (unpaired) electrons. The molecule has 2 rings (SSSR count). The molecule has 0 aliphatic carbocycles. The van der Waals surface area contributed by atoms with Gasteiger partial charge in [-0.3, -0.25) is 4.21 Å². The molecule has 1 aromatic heterocycles. The molecule has 0 spiro atoms. The van der Waals surface area contributed by atoms with Crippen LogP contribution in [0.1, 0.15) is 12.8 Å². The third-order valence-corrected chi connectivity index (χ3v) is 4.73. The zero-order valence-corrected chi connectivity index (χ0v) is 8.87. The average Bonchev–Trinajstić information content (AvgIpc) is 2.74. The van der Waals surface area contributed by atoms with Gasteiger partial charge in [0.15, 0.2) is 4.34 Å². The Morgan fingerprint density at radius 3 is 3.31 bits per heavy atom. The number of aromatic nitrogens is 1. The predicted molar refractivity (Wildman–Crippen MR) is 54.4 cm³/mol. The van der Waals surface area contributed by atoms with Gasteiger partial charge in [-0.05, 0) is 19.4 Å². The van der Waals surface area contributed by atoms with E-state index in [1.54, 1.807) is 6.20 Å². The Morgan fingerprint density at radius 2 is 2.69 bits per heavy atom. The van der Waals surface area contributed by atoms with E-state index in [0.717, 1.165) is 17.3 Å². The molecule has 2 heterocycles. The molecule has 3 nitrogen and oxygen atoms in total. The minimum absolute atomic E-state index is 0.435. The van der Waals surface area contributed by atoms with Gasteiger partial charge in [0.1, 0.15) is 0 Å². The summed E-state index contributed by atoms with van der Waals surface area (Å²) in [7, 11) is -0.897. The molecule has 0 amide bonds. The van der Waals surface area contributed by atoms with Crippen LogP contribution in [0, 0.1) is 0 Å². The summed E-state index contributed by atoms with van der Waals surface area (Å²) < 4.78 is 12.4. The zero-order chi connectivity index (χ0) is 9.10. The molecule has 0 bridgehead atoms. The lowest BCUT2D eigenvalue weighted by Gasteiger charge is -2.07. The van der Waals surface area contributed by atoms with Crippen LogP contribution in [0.2, 0.25) is 0 Å². The third-order valence-electron chi connectivity index (χ3n) is 2.12. The largest absolute Gasteiger partial charge is 0.313 e. The van der Waals surface area contributed by atoms with Crippen LogP contribution in [0.4, 0.5) is 0 Å². The van der Waals surface area contributed by atoms with Crippen LogP contribution in [0.3, 0.4) is 0 Å². The smallest absolute Gasteiger partial charge is 0.180 e. The van der Waals surface area contributed by atoms with Gasteiger partial charge < -0.3 is 5.32 Å². The second kappa shape index (κ2) is 4.30. The van der Waals surface area contributed by atoms with Crippen LogP contribution in [0.5, 0.6) is 0 Å². The van der Waals surface area contributed by atoms with Crippen molar-refractivity contribution in [3.63, 3.8) is 0 Å². The van der Waals surface area contributed by atoms with Crippen molar-refractivity contribution in [2.24, 2.45) is 0 Å². The highest BCUT2D eigenvalue weighted by Gasteiger charge is 2.18. The third kappa shape index (κ3) is 2.36. The molecule has 2 atom stereocenters. The standard InChI is InChI=1S/C8H12N2OS2/c11-13(8-10-4-5-12-8)6-7-2-1-3-9-7/h4-5,7,9H,1-3,6H2/t7-,13+/m0/s1. The van der Waals surface area contributed by atoms with E-state index >= 15 is 0 Å². The Morgan fingerprint density at radius 1 is 1.77 bits per heavy atom. The summed E-state index contributed by atoms with van der Waals surface area (Å²) in [5.74, 6) is 0.716. The van der Waals surface area contributed by atoms with Crippen molar-refractivity contribution in [2.45, 2.75) is 23.2 Å². The topological polar surface area (TPSA) is 42.0 Å². The van der Waals surface area contributed by atoms with E-state index < -0.39 is 10.8 Å². The van der Waals surface area contributed by atoms with Gasteiger partial charge in [-0.25, -0.2) is 4.98 Å². The molecule has 13 heavy (non-hydrogen) atoms. The van der Waals surface area contributed by atoms with E-state index in [0.29, 0.717) is 11.8 Å². The number of hydrogen-bond acceptors (Lipinski definition) is 4. The fourth-order valence-electron chi connectivity index (χ4n) is 1.48. The van der Waals surface area contributed by atoms with Gasteiger partial charge in [0.05, 0.1) is 10.8 Å². The normalized spacial score (nSPS) is 24.8. The van der Waals surface area contributed by atoms with Crippen molar-refractivity contribution in [1.82, 2.24) is 10.3 Å². The van der Waals surface area contributed by atoms with Gasteiger partial charge in [-0.2, -0.15) is 0 Å². The number of thiazole rings is 1. The second-order valence-corrected chi connectivity index (χ2v) is 5.67. The molecule has 1 N–H and O–H groups in total. The summed E-state index contributed by atoms with van der Waals surface area (Å²) in [5.41, 5.74) is 0. The first-order valence-corrected chi connectivity index (χ1v) is 6.57. The Labute approximate surface area is 84.0 Å². The lowest BCUT2D eigenvalue weighted by atomic mass is 10.3. The minimum atomic E-state index is -0.897. The highest BCUT2D eigenvalue weighted by molar-refractivity contribution is 7.87. The van der Waals surface area contributed by atoms with E-state index in [-0.39, 0.29) is 0 Å². The van der Waals surface area contributed by atoms with Gasteiger partial charge in [0, 0.05) is 23.4 Å². The fraction of sp³-hybridized carbons (Fsp3) is 0.625. The van der Waals surface area contributed by atoms with Gasteiger partial charge >= 0.3 is 0 Å². The van der Waals surface area contributed by atoms with E-state index in [9.17, 15) is 4.21 Å². The van der Waals surface area contributed by atoms with E-state index in [2.05, 4.69) is 10.3 Å². The van der Waals surface area contributed by atoms with Gasteiger partial charge in [-0.15, -0.1) is 11.3 Å². The number of nitrogens with zero attached hydrogens (tertiary/aromatic N) is 1. The Kier molecular flexibility index (Phi) is 3.08. The van der Waals surface area contributed by atoms with Crippen LogP contribution < -0.4 is 5.32 Å². The summed E-state index contributed by atoms with van der Waals surface area (Å²) in [6.45, 7) is 1.07. The van der Waals surface area contributed by atoms with E-state index in [4.69, 9.17) is 0 Å². The molecule has 1 fully saturated rings. The molecule has 1 aliphatic rings. The molecular formula is C8H12N2OS2. The van der Waals surface area contributed by atoms with Crippen molar-refractivity contribution in [3.8, 4) is 0 Å².